The van der Waals surface area contributed by atoms with Crippen LogP contribution in [0.25, 0.3) is 0 Å². The summed E-state index contributed by atoms with van der Waals surface area (Å²) >= 11 is 0. The van der Waals surface area contributed by atoms with Crippen molar-refractivity contribution in [2.75, 3.05) is 15.5 Å². The highest BCUT2D eigenvalue weighted by molar-refractivity contribution is 6.08. The minimum absolute atomic E-state index is 0.108. The molecule has 0 aromatic heterocycles. The molecule has 0 bridgehead atoms. The third kappa shape index (κ3) is 2.07. The molecule has 2 aromatic carbocycles. The van der Waals surface area contributed by atoms with E-state index in [2.05, 4.69) is 5.32 Å². The van der Waals surface area contributed by atoms with Crippen molar-refractivity contribution in [1.29, 1.82) is 0 Å². The van der Waals surface area contributed by atoms with Crippen LogP contribution in [0.2, 0.25) is 0 Å². The monoisotopic (exact) mass is 301 g/mol. The number of carbonyl (C=O) groups excluding carboxylic acids is 1. The summed E-state index contributed by atoms with van der Waals surface area (Å²) in [7, 11) is 0. The van der Waals surface area contributed by atoms with Gasteiger partial charge in [-0.1, -0.05) is 12.1 Å². The predicted molar refractivity (Wildman–Crippen MR) is 77.3 cm³/mol. The Morgan fingerprint density at radius 2 is 1.86 bits per heavy atom. The summed E-state index contributed by atoms with van der Waals surface area (Å²) in [5, 5.41) is 32.9. The van der Waals surface area contributed by atoms with Crippen molar-refractivity contribution in [2.24, 2.45) is 0 Å². The molecule has 0 aliphatic carbocycles. The van der Waals surface area contributed by atoms with Crippen LogP contribution < -0.4 is 15.5 Å². The quantitative estimate of drug-likeness (QED) is 0.676. The van der Waals surface area contributed by atoms with E-state index in [1.165, 1.54) is 6.07 Å². The second-order valence-electron chi connectivity index (χ2n) is 4.56. The van der Waals surface area contributed by atoms with Crippen LogP contribution in [0.15, 0.2) is 42.5 Å². The fraction of sp³-hybridized carbons (Fsp3) is 0. The van der Waals surface area contributed by atoms with Gasteiger partial charge in [0, 0.05) is 6.07 Å². The van der Waals surface area contributed by atoms with E-state index < -0.39 is 17.7 Å². The maximum Gasteiger partial charge on any atom is 0.347 e. The second-order valence-corrected chi connectivity index (χ2v) is 4.56. The summed E-state index contributed by atoms with van der Waals surface area (Å²) in [5.41, 5.74) is 0.574. The van der Waals surface area contributed by atoms with Crippen LogP contribution in [0.1, 0.15) is 10.4 Å². The number of rotatable bonds is 2. The van der Waals surface area contributed by atoms with E-state index in [4.69, 9.17) is 5.11 Å². The SMILES string of the molecule is O=C(O)c1ccc(N2C(=O)Nc3ccccc3N2O)cc1O. The Kier molecular flexibility index (Phi) is 3.08. The number of carbonyl (C=O) groups is 2. The number of aromatic hydroxyl groups is 1. The lowest BCUT2D eigenvalue weighted by Crippen LogP contribution is -2.50. The standard InChI is InChI=1S/C14H11N3O5/c18-12-7-8(5-6-9(12)13(19)20)16-14(21)15-10-3-1-2-4-11(10)17(16)22/h1-7,18,22H,(H,15,21)(H,19,20). The first-order valence-corrected chi connectivity index (χ1v) is 6.24. The number of carboxylic acid groups (broad SMARTS) is 1. The molecule has 8 heteroatoms. The van der Waals surface area contributed by atoms with Gasteiger partial charge in [-0.25, -0.2) is 9.59 Å². The summed E-state index contributed by atoms with van der Waals surface area (Å²) in [5.74, 6) is -1.80. The third-order valence-electron chi connectivity index (χ3n) is 3.20. The molecule has 0 fully saturated rings. The smallest absolute Gasteiger partial charge is 0.347 e. The Morgan fingerprint density at radius 3 is 2.55 bits per heavy atom. The molecule has 112 valence electrons. The summed E-state index contributed by atoms with van der Waals surface area (Å²) < 4.78 is 0. The van der Waals surface area contributed by atoms with Crippen LogP contribution in [-0.4, -0.2) is 27.4 Å². The molecule has 1 aliphatic rings. The van der Waals surface area contributed by atoms with Gasteiger partial charge in [-0.05, 0) is 24.3 Å². The molecule has 22 heavy (non-hydrogen) atoms. The number of phenols is 1. The van der Waals surface area contributed by atoms with Gasteiger partial charge < -0.3 is 15.5 Å². The molecule has 2 amide bonds. The number of aromatic carboxylic acids is 1. The van der Waals surface area contributed by atoms with E-state index in [0.29, 0.717) is 16.5 Å². The zero-order valence-electron chi connectivity index (χ0n) is 11.1. The van der Waals surface area contributed by atoms with E-state index in [1.807, 2.05) is 0 Å². The van der Waals surface area contributed by atoms with Crippen molar-refractivity contribution in [3.63, 3.8) is 0 Å². The molecule has 8 nitrogen and oxygen atoms in total. The number of hydrogen-bond donors (Lipinski definition) is 4. The molecular formula is C14H11N3O5. The van der Waals surface area contributed by atoms with Crippen LogP contribution in [0.5, 0.6) is 5.75 Å². The predicted octanol–water partition coefficient (Wildman–Crippen LogP) is 2.25. The van der Waals surface area contributed by atoms with Crippen molar-refractivity contribution >= 4 is 29.1 Å². The first-order valence-electron chi connectivity index (χ1n) is 6.24. The van der Waals surface area contributed by atoms with Crippen LogP contribution in [0.3, 0.4) is 0 Å². The van der Waals surface area contributed by atoms with Crippen LogP contribution in [-0.2, 0) is 0 Å². The molecular weight excluding hydrogens is 290 g/mol. The largest absolute Gasteiger partial charge is 0.507 e. The molecule has 0 atom stereocenters. The summed E-state index contributed by atoms with van der Waals surface area (Å²) in [4.78, 5) is 23.0. The van der Waals surface area contributed by atoms with Gasteiger partial charge in [0.15, 0.2) is 0 Å². The minimum Gasteiger partial charge on any atom is -0.507 e. The van der Waals surface area contributed by atoms with E-state index in [1.54, 1.807) is 24.3 Å². The number of benzene rings is 2. The average Bonchev–Trinajstić information content (AvgIpc) is 2.47. The van der Waals surface area contributed by atoms with Gasteiger partial charge in [0.1, 0.15) is 17.0 Å². The van der Waals surface area contributed by atoms with Crippen molar-refractivity contribution in [2.45, 2.75) is 0 Å². The highest BCUT2D eigenvalue weighted by atomic mass is 16.6. The number of hydrogen-bond acceptors (Lipinski definition) is 5. The lowest BCUT2D eigenvalue weighted by molar-refractivity contribution is 0.0694. The van der Waals surface area contributed by atoms with E-state index in [9.17, 15) is 19.9 Å². The van der Waals surface area contributed by atoms with E-state index >= 15 is 0 Å². The number of carboxylic acids is 1. The van der Waals surface area contributed by atoms with Gasteiger partial charge in [-0.3, -0.25) is 5.21 Å². The molecule has 0 saturated carbocycles. The number of nitrogens with zero attached hydrogens (tertiary/aromatic N) is 2. The zero-order valence-corrected chi connectivity index (χ0v) is 11.1. The molecule has 0 unspecified atom stereocenters. The van der Waals surface area contributed by atoms with Gasteiger partial charge >= 0.3 is 12.0 Å². The normalized spacial score (nSPS) is 13.6. The van der Waals surface area contributed by atoms with Gasteiger partial charge in [0.05, 0.1) is 11.4 Å². The number of anilines is 3. The second kappa shape index (κ2) is 4.93. The fourth-order valence-corrected chi connectivity index (χ4v) is 2.17. The Morgan fingerprint density at radius 1 is 1.14 bits per heavy atom. The Bertz CT molecular complexity index is 777. The van der Waals surface area contributed by atoms with Crippen LogP contribution in [0, 0.1) is 0 Å². The van der Waals surface area contributed by atoms with Crippen LogP contribution >= 0.6 is 0 Å². The van der Waals surface area contributed by atoms with Gasteiger partial charge in [0.2, 0.25) is 0 Å². The number of fused-ring (bicyclic) bond motifs is 1. The third-order valence-corrected chi connectivity index (χ3v) is 3.20. The average molecular weight is 301 g/mol. The maximum atomic E-state index is 12.1. The number of para-hydroxylation sites is 2. The van der Waals surface area contributed by atoms with Crippen molar-refractivity contribution < 1.29 is 25.0 Å². The Labute approximate surface area is 124 Å². The molecule has 1 aliphatic heterocycles. The lowest BCUT2D eigenvalue weighted by atomic mass is 10.1. The number of nitrogens with one attached hydrogen (secondary N) is 1. The van der Waals surface area contributed by atoms with E-state index in [-0.39, 0.29) is 11.3 Å². The Hall–Kier alpha value is -3.26. The van der Waals surface area contributed by atoms with E-state index in [0.717, 1.165) is 17.1 Å². The maximum absolute atomic E-state index is 12.1. The number of amides is 2. The highest BCUT2D eigenvalue weighted by Crippen LogP contribution is 2.34. The molecule has 0 radical (unpaired) electrons. The molecule has 0 spiro atoms. The fourth-order valence-electron chi connectivity index (χ4n) is 2.17. The van der Waals surface area contributed by atoms with Crippen molar-refractivity contribution in [3.8, 4) is 5.75 Å². The van der Waals surface area contributed by atoms with Crippen molar-refractivity contribution in [3.05, 3.63) is 48.0 Å². The highest BCUT2D eigenvalue weighted by Gasteiger charge is 2.30. The van der Waals surface area contributed by atoms with Gasteiger partial charge in [0.25, 0.3) is 0 Å². The molecule has 2 aromatic rings. The topological polar surface area (TPSA) is 113 Å². The van der Waals surface area contributed by atoms with Gasteiger partial charge in [-0.2, -0.15) is 10.2 Å². The molecule has 0 saturated heterocycles. The molecule has 3 rings (SSSR count). The summed E-state index contributed by atoms with van der Waals surface area (Å²) in [6.45, 7) is 0. The first kappa shape index (κ1) is 13.7. The minimum atomic E-state index is -1.29. The lowest BCUT2D eigenvalue weighted by Gasteiger charge is -2.36. The summed E-state index contributed by atoms with van der Waals surface area (Å²) in [6, 6.07) is 9.49. The number of hydrazine groups is 1. The van der Waals surface area contributed by atoms with Crippen molar-refractivity contribution in [1.82, 2.24) is 0 Å². The van der Waals surface area contributed by atoms with Crippen LogP contribution in [0.4, 0.5) is 21.9 Å². The first-order chi connectivity index (χ1) is 10.5. The number of urea groups is 1. The van der Waals surface area contributed by atoms with Gasteiger partial charge in [-0.15, -0.1) is 0 Å². The Balaban J connectivity index is 2.03. The zero-order chi connectivity index (χ0) is 15.9. The molecule has 4 N–H and O–H groups in total. The summed E-state index contributed by atoms with van der Waals surface area (Å²) in [6.07, 6.45) is 0. The molecule has 1 heterocycles.